The molecule has 2 rings (SSSR count). The molecule has 5 atom stereocenters. The molecule has 0 heterocycles. The summed E-state index contributed by atoms with van der Waals surface area (Å²) in [5.41, 5.74) is 0. The lowest BCUT2D eigenvalue weighted by Gasteiger charge is -2.38. The Labute approximate surface area is 125 Å². The Bertz CT molecular complexity index is 298. The zero-order valence-corrected chi connectivity index (χ0v) is 14.0. The highest BCUT2D eigenvalue weighted by Gasteiger charge is 2.33. The molecule has 1 N–H and O–H groups in total. The highest BCUT2D eigenvalue weighted by molar-refractivity contribution is 7.99. The van der Waals surface area contributed by atoms with Gasteiger partial charge in [-0.1, -0.05) is 32.6 Å². The molecule has 2 nitrogen and oxygen atoms in total. The smallest absolute Gasteiger partial charge is 0.0501 e. The van der Waals surface area contributed by atoms with Gasteiger partial charge < -0.3 is 5.32 Å². The van der Waals surface area contributed by atoms with Crippen molar-refractivity contribution in [2.45, 2.75) is 80.9 Å². The summed E-state index contributed by atoms with van der Waals surface area (Å²) in [4.78, 5) is 0. The van der Waals surface area contributed by atoms with Gasteiger partial charge in [-0.15, -0.1) is 0 Å². The number of thioether (sulfide) groups is 1. The van der Waals surface area contributed by atoms with E-state index in [1.54, 1.807) is 0 Å². The molecular formula is C15H29NOS2. The Balaban J connectivity index is 1.96. The number of hydrogen-bond acceptors (Lipinski definition) is 3. The van der Waals surface area contributed by atoms with Gasteiger partial charge in [0.25, 0.3) is 0 Å². The second-order valence-corrected chi connectivity index (χ2v) is 8.95. The van der Waals surface area contributed by atoms with Crippen LogP contribution in [0.15, 0.2) is 0 Å². The fourth-order valence-electron chi connectivity index (χ4n) is 3.66. The van der Waals surface area contributed by atoms with Crippen molar-refractivity contribution >= 4 is 22.6 Å². The number of rotatable bonds is 5. The minimum Gasteiger partial charge on any atom is -0.309 e. The molecule has 0 saturated heterocycles. The molecular weight excluding hydrogens is 274 g/mol. The third-order valence-electron chi connectivity index (χ3n) is 4.76. The zero-order chi connectivity index (χ0) is 13.7. The Morgan fingerprint density at radius 2 is 1.68 bits per heavy atom. The molecule has 0 aromatic rings. The first-order valence-corrected chi connectivity index (χ1v) is 10.6. The van der Waals surface area contributed by atoms with Gasteiger partial charge in [-0.3, -0.25) is 4.21 Å². The lowest BCUT2D eigenvalue weighted by atomic mass is 9.90. The maximum Gasteiger partial charge on any atom is 0.0501 e. The molecule has 112 valence electrons. The van der Waals surface area contributed by atoms with E-state index in [9.17, 15) is 4.21 Å². The second-order valence-electron chi connectivity index (χ2n) is 5.93. The van der Waals surface area contributed by atoms with Crippen LogP contribution in [0.25, 0.3) is 0 Å². The van der Waals surface area contributed by atoms with Crippen LogP contribution in [0.2, 0.25) is 0 Å². The van der Waals surface area contributed by atoms with E-state index in [2.05, 4.69) is 18.5 Å². The first kappa shape index (κ1) is 15.8. The molecule has 0 spiro atoms. The lowest BCUT2D eigenvalue weighted by Crippen LogP contribution is -2.52. The summed E-state index contributed by atoms with van der Waals surface area (Å²) in [6.07, 6.45) is 12.6. The Morgan fingerprint density at radius 1 is 1.05 bits per heavy atom. The van der Waals surface area contributed by atoms with Crippen molar-refractivity contribution in [2.24, 2.45) is 0 Å². The van der Waals surface area contributed by atoms with Gasteiger partial charge in [0.1, 0.15) is 0 Å². The molecule has 0 unspecified atom stereocenters. The van der Waals surface area contributed by atoms with Gasteiger partial charge in [0.2, 0.25) is 0 Å². The first-order valence-electron chi connectivity index (χ1n) is 7.92. The summed E-state index contributed by atoms with van der Waals surface area (Å²) in [6.45, 7) is 2.06. The Hall–Kier alpha value is 0.460. The van der Waals surface area contributed by atoms with E-state index >= 15 is 0 Å². The fourth-order valence-corrected chi connectivity index (χ4v) is 6.05. The normalized spacial score (nSPS) is 38.0. The average molecular weight is 304 g/mol. The van der Waals surface area contributed by atoms with Crippen molar-refractivity contribution in [1.29, 1.82) is 0 Å². The van der Waals surface area contributed by atoms with Gasteiger partial charge in [0.05, 0.1) is 5.25 Å². The average Bonchev–Trinajstić information content (AvgIpc) is 2.47. The van der Waals surface area contributed by atoms with Crippen LogP contribution in [0.4, 0.5) is 0 Å². The minimum atomic E-state index is -0.630. The second kappa shape index (κ2) is 8.04. The summed E-state index contributed by atoms with van der Waals surface area (Å²) in [7, 11) is -0.630. The zero-order valence-electron chi connectivity index (χ0n) is 12.4. The maximum absolute atomic E-state index is 12.2. The van der Waals surface area contributed by atoms with E-state index in [-0.39, 0.29) is 0 Å². The molecule has 2 saturated carbocycles. The van der Waals surface area contributed by atoms with E-state index in [4.69, 9.17) is 0 Å². The van der Waals surface area contributed by atoms with E-state index in [1.165, 1.54) is 44.9 Å². The van der Waals surface area contributed by atoms with Gasteiger partial charge in [-0.05, 0) is 31.9 Å². The van der Waals surface area contributed by atoms with Crippen molar-refractivity contribution in [3.05, 3.63) is 0 Å². The summed E-state index contributed by atoms with van der Waals surface area (Å²) in [5.74, 6) is 0.819. The minimum absolute atomic E-state index is 0.406. The topological polar surface area (TPSA) is 29.1 Å². The van der Waals surface area contributed by atoms with Crippen molar-refractivity contribution < 1.29 is 4.21 Å². The molecule has 0 bridgehead atoms. The van der Waals surface area contributed by atoms with Gasteiger partial charge in [-0.25, -0.2) is 0 Å². The molecule has 0 aromatic heterocycles. The van der Waals surface area contributed by atoms with Crippen LogP contribution >= 0.6 is 11.8 Å². The molecule has 0 radical (unpaired) electrons. The molecule has 2 aliphatic rings. The fraction of sp³-hybridized carbons (Fsp3) is 1.00. The standard InChI is InChI=1S/C15H29NOS2/c1-3-19(17)15-11-7-5-9-13(15)16-12-8-4-6-10-14(12)18-2/h12-16H,3-11H2,1-2H3/t12-,13+,14+,15-,19-/m1/s1. The number of hydrogen-bond donors (Lipinski definition) is 1. The lowest BCUT2D eigenvalue weighted by molar-refractivity contribution is 0.300. The highest BCUT2D eigenvalue weighted by atomic mass is 32.2. The van der Waals surface area contributed by atoms with Gasteiger partial charge in [0, 0.05) is 33.9 Å². The molecule has 4 heteroatoms. The first-order chi connectivity index (χ1) is 9.26. The van der Waals surface area contributed by atoms with Crippen LogP contribution in [-0.4, -0.2) is 38.8 Å². The predicted molar refractivity (Wildman–Crippen MR) is 87.4 cm³/mol. The highest BCUT2D eigenvalue weighted by Crippen LogP contribution is 2.30. The van der Waals surface area contributed by atoms with Crippen LogP contribution < -0.4 is 5.32 Å². The maximum atomic E-state index is 12.2. The van der Waals surface area contributed by atoms with Crippen molar-refractivity contribution in [3.63, 3.8) is 0 Å². The monoisotopic (exact) mass is 303 g/mol. The van der Waals surface area contributed by atoms with Crippen LogP contribution in [-0.2, 0) is 10.8 Å². The van der Waals surface area contributed by atoms with Crippen molar-refractivity contribution in [1.82, 2.24) is 5.32 Å². The molecule has 19 heavy (non-hydrogen) atoms. The summed E-state index contributed by atoms with van der Waals surface area (Å²) >= 11 is 2.02. The Kier molecular flexibility index (Phi) is 6.70. The van der Waals surface area contributed by atoms with E-state index in [1.807, 2.05) is 11.8 Å². The summed E-state index contributed by atoms with van der Waals surface area (Å²) in [6, 6.07) is 1.16. The molecule has 2 aliphatic carbocycles. The SMILES string of the molecule is CC[S@@](=O)[C@@H]1CCCC[C@@H]1N[C@@H]1CCCC[C@@H]1SC. The van der Waals surface area contributed by atoms with Crippen LogP contribution in [0, 0.1) is 0 Å². The van der Waals surface area contributed by atoms with Gasteiger partial charge in [0.15, 0.2) is 0 Å². The van der Waals surface area contributed by atoms with Gasteiger partial charge in [-0.2, -0.15) is 11.8 Å². The quantitative estimate of drug-likeness (QED) is 0.844. The Morgan fingerprint density at radius 3 is 2.37 bits per heavy atom. The molecule has 2 fully saturated rings. The van der Waals surface area contributed by atoms with Crippen molar-refractivity contribution in [2.75, 3.05) is 12.0 Å². The van der Waals surface area contributed by atoms with Crippen molar-refractivity contribution in [3.8, 4) is 0 Å². The van der Waals surface area contributed by atoms with E-state index in [0.29, 0.717) is 17.3 Å². The van der Waals surface area contributed by atoms with Crippen LogP contribution in [0.5, 0.6) is 0 Å². The summed E-state index contributed by atoms with van der Waals surface area (Å²) in [5, 5.41) is 5.09. The molecule has 0 aromatic carbocycles. The molecule has 0 aliphatic heterocycles. The van der Waals surface area contributed by atoms with E-state index in [0.717, 1.165) is 17.4 Å². The molecule has 0 amide bonds. The van der Waals surface area contributed by atoms with Crippen LogP contribution in [0.1, 0.15) is 58.3 Å². The largest absolute Gasteiger partial charge is 0.309 e. The van der Waals surface area contributed by atoms with Crippen LogP contribution in [0.3, 0.4) is 0 Å². The summed E-state index contributed by atoms with van der Waals surface area (Å²) < 4.78 is 12.2. The predicted octanol–water partition coefficient (Wildman–Crippen LogP) is 3.33. The van der Waals surface area contributed by atoms with E-state index < -0.39 is 10.8 Å². The third kappa shape index (κ3) is 4.21. The third-order valence-corrected chi connectivity index (χ3v) is 7.74. The van der Waals surface area contributed by atoms with Gasteiger partial charge >= 0.3 is 0 Å². The number of nitrogens with one attached hydrogen (secondary N) is 1.